The van der Waals surface area contributed by atoms with Crippen LogP contribution in [0, 0.1) is 11.7 Å². The molecule has 21 heavy (non-hydrogen) atoms. The zero-order chi connectivity index (χ0) is 14.9. The van der Waals surface area contributed by atoms with Crippen LogP contribution in [0.1, 0.15) is 32.1 Å². The van der Waals surface area contributed by atoms with Gasteiger partial charge in [-0.3, -0.25) is 5.32 Å². The van der Waals surface area contributed by atoms with Crippen molar-refractivity contribution < 1.29 is 14.3 Å². The molecule has 0 aromatic carbocycles. The fourth-order valence-corrected chi connectivity index (χ4v) is 3.39. The minimum Gasteiger partial charge on any atom is -0.389 e. The molecule has 0 bridgehead atoms. The zero-order valence-corrected chi connectivity index (χ0v) is 11.9. The summed E-state index contributed by atoms with van der Waals surface area (Å²) in [5.41, 5.74) is -0.594. The average molecular weight is 293 g/mol. The highest BCUT2D eigenvalue weighted by atomic mass is 19.1. The van der Waals surface area contributed by atoms with Gasteiger partial charge in [0.1, 0.15) is 11.6 Å². The number of fused-ring (bicyclic) bond motifs is 1. The molecule has 114 valence electrons. The third-order valence-corrected chi connectivity index (χ3v) is 4.68. The van der Waals surface area contributed by atoms with Crippen LogP contribution >= 0.6 is 0 Å². The molecule has 1 aromatic rings. The SMILES string of the molecule is O=C(Nc1ccc(F)cn1)N1CC[C@@]2(O)CCCC[C@@H]2C1. The largest absolute Gasteiger partial charge is 0.389 e. The maximum Gasteiger partial charge on any atom is 0.323 e. The number of nitrogens with one attached hydrogen (secondary N) is 1. The third-order valence-electron chi connectivity index (χ3n) is 4.68. The lowest BCUT2D eigenvalue weighted by Crippen LogP contribution is -2.55. The van der Waals surface area contributed by atoms with Crippen molar-refractivity contribution >= 4 is 11.8 Å². The molecule has 3 rings (SSSR count). The van der Waals surface area contributed by atoms with Gasteiger partial charge in [-0.1, -0.05) is 12.8 Å². The van der Waals surface area contributed by atoms with Crippen LogP contribution in [0.5, 0.6) is 0 Å². The molecule has 2 aliphatic rings. The number of piperidine rings is 1. The van der Waals surface area contributed by atoms with Crippen LogP contribution in [-0.2, 0) is 0 Å². The number of carbonyl (C=O) groups excluding carboxylic acids is 1. The minimum atomic E-state index is -0.594. The number of rotatable bonds is 1. The summed E-state index contributed by atoms with van der Waals surface area (Å²) in [6, 6.07) is 2.47. The predicted molar refractivity (Wildman–Crippen MR) is 76.3 cm³/mol. The Kier molecular flexibility index (Phi) is 3.80. The van der Waals surface area contributed by atoms with Crippen molar-refractivity contribution in [2.75, 3.05) is 18.4 Å². The quantitative estimate of drug-likeness (QED) is 0.835. The number of likely N-dealkylation sites (tertiary alicyclic amines) is 1. The van der Waals surface area contributed by atoms with Gasteiger partial charge in [0.2, 0.25) is 0 Å². The van der Waals surface area contributed by atoms with E-state index in [1.165, 1.54) is 12.1 Å². The van der Waals surface area contributed by atoms with Gasteiger partial charge in [-0.25, -0.2) is 14.2 Å². The lowest BCUT2D eigenvalue weighted by atomic mass is 9.71. The molecule has 1 aliphatic heterocycles. The summed E-state index contributed by atoms with van der Waals surface area (Å²) in [5.74, 6) is 0.0658. The van der Waals surface area contributed by atoms with Gasteiger partial charge in [0.05, 0.1) is 11.8 Å². The summed E-state index contributed by atoms with van der Waals surface area (Å²) in [6.45, 7) is 1.11. The first-order chi connectivity index (χ1) is 10.1. The molecule has 5 nitrogen and oxygen atoms in total. The van der Waals surface area contributed by atoms with E-state index >= 15 is 0 Å². The Labute approximate surface area is 123 Å². The highest BCUT2D eigenvalue weighted by Crippen LogP contribution is 2.39. The molecule has 1 saturated carbocycles. The summed E-state index contributed by atoms with van der Waals surface area (Å²) in [7, 11) is 0. The Morgan fingerprint density at radius 2 is 2.29 bits per heavy atom. The van der Waals surface area contributed by atoms with E-state index < -0.39 is 11.4 Å². The Morgan fingerprint density at radius 1 is 1.43 bits per heavy atom. The maximum atomic E-state index is 12.8. The summed E-state index contributed by atoms with van der Waals surface area (Å²) in [5, 5.41) is 13.3. The number of nitrogens with zero attached hydrogens (tertiary/aromatic N) is 2. The minimum absolute atomic E-state index is 0.159. The van der Waals surface area contributed by atoms with Crippen LogP contribution in [0.2, 0.25) is 0 Å². The molecule has 1 saturated heterocycles. The molecule has 2 N–H and O–H groups in total. The number of pyridine rings is 1. The van der Waals surface area contributed by atoms with Gasteiger partial charge in [-0.15, -0.1) is 0 Å². The van der Waals surface area contributed by atoms with E-state index in [0.717, 1.165) is 31.9 Å². The molecule has 2 amide bonds. The van der Waals surface area contributed by atoms with Crippen LogP contribution < -0.4 is 5.32 Å². The number of aromatic nitrogens is 1. The second-order valence-corrected chi connectivity index (χ2v) is 6.03. The van der Waals surface area contributed by atoms with E-state index in [1.807, 2.05) is 0 Å². The second-order valence-electron chi connectivity index (χ2n) is 6.03. The molecule has 0 radical (unpaired) electrons. The lowest BCUT2D eigenvalue weighted by molar-refractivity contribution is -0.0863. The summed E-state index contributed by atoms with van der Waals surface area (Å²) in [6.07, 6.45) is 5.69. The maximum absolute atomic E-state index is 12.8. The van der Waals surface area contributed by atoms with Gasteiger partial charge >= 0.3 is 6.03 Å². The van der Waals surface area contributed by atoms with E-state index in [9.17, 15) is 14.3 Å². The number of hydrogen-bond donors (Lipinski definition) is 2. The number of carbonyl (C=O) groups is 1. The summed E-state index contributed by atoms with van der Waals surface area (Å²) < 4.78 is 12.8. The van der Waals surface area contributed by atoms with Gasteiger partial charge in [0, 0.05) is 19.0 Å². The molecule has 2 atom stereocenters. The number of hydrogen-bond acceptors (Lipinski definition) is 3. The van der Waals surface area contributed by atoms with Crippen molar-refractivity contribution in [2.24, 2.45) is 5.92 Å². The normalized spacial score (nSPS) is 28.9. The Bertz CT molecular complexity index is 522. The van der Waals surface area contributed by atoms with Crippen LogP contribution in [0.3, 0.4) is 0 Å². The molecular weight excluding hydrogens is 273 g/mol. The Balaban J connectivity index is 1.62. The fourth-order valence-electron chi connectivity index (χ4n) is 3.39. The van der Waals surface area contributed by atoms with Crippen molar-refractivity contribution in [3.05, 3.63) is 24.1 Å². The molecule has 6 heteroatoms. The van der Waals surface area contributed by atoms with Crippen LogP contribution in [-0.4, -0.2) is 39.7 Å². The zero-order valence-electron chi connectivity index (χ0n) is 11.9. The molecule has 0 unspecified atom stereocenters. The number of aliphatic hydroxyl groups is 1. The monoisotopic (exact) mass is 293 g/mol. The van der Waals surface area contributed by atoms with Gasteiger partial charge in [-0.05, 0) is 31.4 Å². The number of halogens is 1. The Morgan fingerprint density at radius 3 is 3.05 bits per heavy atom. The second kappa shape index (κ2) is 5.60. The standard InChI is InChI=1S/C15H20FN3O2/c16-12-4-5-13(17-9-12)18-14(20)19-8-7-15(21)6-2-1-3-11(15)10-19/h4-5,9,11,21H,1-3,6-8,10H2,(H,17,18,20)/t11-,15+/m1/s1. The van der Waals surface area contributed by atoms with Crippen molar-refractivity contribution in [3.63, 3.8) is 0 Å². The van der Waals surface area contributed by atoms with E-state index in [0.29, 0.717) is 25.3 Å². The first-order valence-electron chi connectivity index (χ1n) is 7.47. The Hall–Kier alpha value is -1.69. The first kappa shape index (κ1) is 14.3. The van der Waals surface area contributed by atoms with Crippen molar-refractivity contribution in [1.82, 2.24) is 9.88 Å². The number of amides is 2. The molecule has 0 spiro atoms. The molecule has 1 aliphatic carbocycles. The molecule has 1 aromatic heterocycles. The van der Waals surface area contributed by atoms with Crippen molar-refractivity contribution in [2.45, 2.75) is 37.7 Å². The van der Waals surface area contributed by atoms with Gasteiger partial charge in [-0.2, -0.15) is 0 Å². The van der Waals surface area contributed by atoms with Crippen LogP contribution in [0.15, 0.2) is 18.3 Å². The topological polar surface area (TPSA) is 65.5 Å². The highest BCUT2D eigenvalue weighted by Gasteiger charge is 2.43. The molecule has 2 fully saturated rings. The van der Waals surface area contributed by atoms with E-state index in [1.54, 1.807) is 4.90 Å². The average Bonchev–Trinajstić information content (AvgIpc) is 2.48. The molecule has 2 heterocycles. The van der Waals surface area contributed by atoms with Crippen molar-refractivity contribution in [1.29, 1.82) is 0 Å². The van der Waals surface area contributed by atoms with Gasteiger partial charge in [0.15, 0.2) is 0 Å². The number of anilines is 1. The number of urea groups is 1. The van der Waals surface area contributed by atoms with Crippen molar-refractivity contribution in [3.8, 4) is 0 Å². The third kappa shape index (κ3) is 3.00. The first-order valence-corrected chi connectivity index (χ1v) is 7.47. The van der Waals surface area contributed by atoms with Gasteiger partial charge < -0.3 is 10.0 Å². The van der Waals surface area contributed by atoms with E-state index in [4.69, 9.17) is 0 Å². The van der Waals surface area contributed by atoms with E-state index in [-0.39, 0.29) is 11.9 Å². The van der Waals surface area contributed by atoms with E-state index in [2.05, 4.69) is 10.3 Å². The highest BCUT2D eigenvalue weighted by molar-refractivity contribution is 5.88. The molecular formula is C15H20FN3O2. The smallest absolute Gasteiger partial charge is 0.323 e. The fraction of sp³-hybridized carbons (Fsp3) is 0.600. The summed E-state index contributed by atoms with van der Waals surface area (Å²) in [4.78, 5) is 17.8. The van der Waals surface area contributed by atoms with Gasteiger partial charge in [0.25, 0.3) is 0 Å². The van der Waals surface area contributed by atoms with Crippen LogP contribution in [0.25, 0.3) is 0 Å². The lowest BCUT2D eigenvalue weighted by Gasteiger charge is -2.47. The van der Waals surface area contributed by atoms with Crippen LogP contribution in [0.4, 0.5) is 15.0 Å². The summed E-state index contributed by atoms with van der Waals surface area (Å²) >= 11 is 0. The predicted octanol–water partition coefficient (Wildman–Crippen LogP) is 2.38.